The first-order valence-corrected chi connectivity index (χ1v) is 6.12. The number of likely N-dealkylation sites (N-methyl/N-ethyl adjacent to an activating group) is 1. The van der Waals surface area contributed by atoms with Gasteiger partial charge in [-0.25, -0.2) is 0 Å². The van der Waals surface area contributed by atoms with Crippen LogP contribution in [0.1, 0.15) is 22.8 Å². The molecule has 1 aromatic rings. The first-order valence-electron chi connectivity index (χ1n) is 6.12. The molecule has 0 saturated carbocycles. The average molecular weight is 247 g/mol. The van der Waals surface area contributed by atoms with Crippen LogP contribution in [0.4, 0.5) is 5.69 Å². The molecular formula is C13H17N3O2. The molecule has 18 heavy (non-hydrogen) atoms. The Balaban J connectivity index is 1.95. The van der Waals surface area contributed by atoms with Crippen molar-refractivity contribution in [3.05, 3.63) is 29.3 Å². The molecule has 0 radical (unpaired) electrons. The third-order valence-corrected chi connectivity index (χ3v) is 2.87. The van der Waals surface area contributed by atoms with E-state index < -0.39 is 0 Å². The standard InChI is InChI=1S/C13H17N3O2/c1-2-14-12(17)8-16-13(18)10-4-3-9-5-6-15-11(9)7-10/h3-4,7,15H,2,5-6,8H2,1H3,(H,14,17)(H,16,18). The molecule has 1 heterocycles. The predicted molar refractivity (Wildman–Crippen MR) is 69.7 cm³/mol. The number of benzene rings is 1. The molecule has 5 nitrogen and oxygen atoms in total. The van der Waals surface area contributed by atoms with Crippen LogP contribution in [0.2, 0.25) is 0 Å². The maximum atomic E-state index is 11.8. The molecule has 0 aromatic heterocycles. The molecule has 5 heteroatoms. The van der Waals surface area contributed by atoms with Gasteiger partial charge in [0.1, 0.15) is 0 Å². The highest BCUT2D eigenvalue weighted by Gasteiger charge is 2.13. The van der Waals surface area contributed by atoms with Crippen molar-refractivity contribution >= 4 is 17.5 Å². The van der Waals surface area contributed by atoms with E-state index in [1.165, 1.54) is 5.56 Å². The van der Waals surface area contributed by atoms with Crippen molar-refractivity contribution in [2.45, 2.75) is 13.3 Å². The lowest BCUT2D eigenvalue weighted by molar-refractivity contribution is -0.120. The summed E-state index contributed by atoms with van der Waals surface area (Å²) >= 11 is 0. The number of anilines is 1. The van der Waals surface area contributed by atoms with Gasteiger partial charge in [0.2, 0.25) is 5.91 Å². The minimum atomic E-state index is -0.224. The minimum Gasteiger partial charge on any atom is -0.384 e. The molecule has 2 amide bonds. The largest absolute Gasteiger partial charge is 0.384 e. The van der Waals surface area contributed by atoms with Crippen LogP contribution in [0.25, 0.3) is 0 Å². The zero-order chi connectivity index (χ0) is 13.0. The number of fused-ring (bicyclic) bond motifs is 1. The Kier molecular flexibility index (Phi) is 3.82. The van der Waals surface area contributed by atoms with Crippen LogP contribution in [-0.4, -0.2) is 31.4 Å². The number of amides is 2. The SMILES string of the molecule is CCNC(=O)CNC(=O)c1ccc2c(c1)NCC2. The monoisotopic (exact) mass is 247 g/mol. The van der Waals surface area contributed by atoms with Gasteiger partial charge in [-0.3, -0.25) is 9.59 Å². The van der Waals surface area contributed by atoms with Gasteiger partial charge in [-0.1, -0.05) is 6.07 Å². The summed E-state index contributed by atoms with van der Waals surface area (Å²) in [5, 5.41) is 8.45. The van der Waals surface area contributed by atoms with Crippen molar-refractivity contribution in [1.82, 2.24) is 10.6 Å². The molecule has 1 aliphatic rings. The van der Waals surface area contributed by atoms with E-state index in [1.54, 1.807) is 6.07 Å². The van der Waals surface area contributed by atoms with Gasteiger partial charge in [-0.2, -0.15) is 0 Å². The number of carbonyl (C=O) groups is 2. The van der Waals surface area contributed by atoms with Gasteiger partial charge in [0.25, 0.3) is 5.91 Å². The highest BCUT2D eigenvalue weighted by Crippen LogP contribution is 2.22. The zero-order valence-corrected chi connectivity index (χ0v) is 10.4. The van der Waals surface area contributed by atoms with Crippen molar-refractivity contribution in [2.75, 3.05) is 25.0 Å². The average Bonchev–Trinajstić information content (AvgIpc) is 2.83. The lowest BCUT2D eigenvalue weighted by Crippen LogP contribution is -2.36. The summed E-state index contributed by atoms with van der Waals surface area (Å²) in [6.45, 7) is 3.33. The number of nitrogens with one attached hydrogen (secondary N) is 3. The van der Waals surface area contributed by atoms with E-state index in [-0.39, 0.29) is 18.4 Å². The van der Waals surface area contributed by atoms with Crippen LogP contribution >= 0.6 is 0 Å². The lowest BCUT2D eigenvalue weighted by Gasteiger charge is -2.07. The van der Waals surface area contributed by atoms with Crippen LogP contribution in [0.5, 0.6) is 0 Å². The molecule has 0 fully saturated rings. The van der Waals surface area contributed by atoms with Crippen LogP contribution in [0.3, 0.4) is 0 Å². The second-order valence-corrected chi connectivity index (χ2v) is 4.18. The number of carbonyl (C=O) groups excluding carboxylic acids is 2. The molecule has 0 bridgehead atoms. The summed E-state index contributed by atoms with van der Waals surface area (Å²) < 4.78 is 0. The Labute approximate surface area is 106 Å². The summed E-state index contributed by atoms with van der Waals surface area (Å²) in [7, 11) is 0. The molecule has 0 saturated heterocycles. The normalized spacial score (nSPS) is 12.5. The summed E-state index contributed by atoms with van der Waals surface area (Å²) in [6.07, 6.45) is 0.996. The van der Waals surface area contributed by atoms with Crippen LogP contribution in [0, 0.1) is 0 Å². The minimum absolute atomic E-state index is 0.0111. The summed E-state index contributed by atoms with van der Waals surface area (Å²) in [5.41, 5.74) is 2.82. The molecule has 96 valence electrons. The second-order valence-electron chi connectivity index (χ2n) is 4.18. The van der Waals surface area contributed by atoms with E-state index >= 15 is 0 Å². The van der Waals surface area contributed by atoms with Crippen molar-refractivity contribution in [1.29, 1.82) is 0 Å². The molecule has 0 aliphatic carbocycles. The van der Waals surface area contributed by atoms with Crippen molar-refractivity contribution < 1.29 is 9.59 Å². The van der Waals surface area contributed by atoms with Gasteiger partial charge >= 0.3 is 0 Å². The summed E-state index contributed by atoms with van der Waals surface area (Å²) in [4.78, 5) is 23.1. The Morgan fingerprint density at radius 2 is 2.17 bits per heavy atom. The van der Waals surface area contributed by atoms with Gasteiger partial charge < -0.3 is 16.0 Å². The predicted octanol–water partition coefficient (Wildman–Crippen LogP) is 0.520. The van der Waals surface area contributed by atoms with Crippen LogP contribution < -0.4 is 16.0 Å². The molecule has 3 N–H and O–H groups in total. The lowest BCUT2D eigenvalue weighted by atomic mass is 10.1. The fraction of sp³-hybridized carbons (Fsp3) is 0.385. The quantitative estimate of drug-likeness (QED) is 0.726. The molecule has 1 aromatic carbocycles. The maximum Gasteiger partial charge on any atom is 0.251 e. The Morgan fingerprint density at radius 3 is 2.94 bits per heavy atom. The third kappa shape index (κ3) is 2.80. The molecule has 0 spiro atoms. The van der Waals surface area contributed by atoms with Crippen LogP contribution in [0.15, 0.2) is 18.2 Å². The smallest absolute Gasteiger partial charge is 0.251 e. The van der Waals surface area contributed by atoms with Crippen molar-refractivity contribution in [3.8, 4) is 0 Å². The maximum absolute atomic E-state index is 11.8. The van der Waals surface area contributed by atoms with Crippen molar-refractivity contribution in [2.24, 2.45) is 0 Å². The van der Waals surface area contributed by atoms with E-state index in [4.69, 9.17) is 0 Å². The topological polar surface area (TPSA) is 70.2 Å². The summed E-state index contributed by atoms with van der Waals surface area (Å²) in [5.74, 6) is -0.400. The van der Waals surface area contributed by atoms with Crippen LogP contribution in [-0.2, 0) is 11.2 Å². The zero-order valence-electron chi connectivity index (χ0n) is 10.4. The Hall–Kier alpha value is -2.04. The van der Waals surface area contributed by atoms with Gasteiger partial charge in [-0.15, -0.1) is 0 Å². The highest BCUT2D eigenvalue weighted by molar-refractivity contribution is 5.97. The van der Waals surface area contributed by atoms with E-state index in [0.717, 1.165) is 18.7 Å². The van der Waals surface area contributed by atoms with Gasteiger partial charge in [0.05, 0.1) is 6.54 Å². The van der Waals surface area contributed by atoms with Gasteiger partial charge in [-0.05, 0) is 31.0 Å². The van der Waals surface area contributed by atoms with E-state index in [2.05, 4.69) is 16.0 Å². The highest BCUT2D eigenvalue weighted by atomic mass is 16.2. The molecule has 2 rings (SSSR count). The Morgan fingerprint density at radius 1 is 1.33 bits per heavy atom. The van der Waals surface area contributed by atoms with Crippen molar-refractivity contribution in [3.63, 3.8) is 0 Å². The van der Waals surface area contributed by atoms with Gasteiger partial charge in [0, 0.05) is 24.3 Å². The number of hydrogen-bond acceptors (Lipinski definition) is 3. The fourth-order valence-electron chi connectivity index (χ4n) is 1.95. The fourth-order valence-corrected chi connectivity index (χ4v) is 1.95. The molecule has 0 atom stereocenters. The molecular weight excluding hydrogens is 230 g/mol. The molecule has 1 aliphatic heterocycles. The first kappa shape index (κ1) is 12.4. The third-order valence-electron chi connectivity index (χ3n) is 2.87. The van der Waals surface area contributed by atoms with Gasteiger partial charge in [0.15, 0.2) is 0 Å². The Bertz CT molecular complexity index is 471. The number of hydrogen-bond donors (Lipinski definition) is 3. The second kappa shape index (κ2) is 5.53. The number of rotatable bonds is 4. The summed E-state index contributed by atoms with van der Waals surface area (Å²) in [6, 6.07) is 5.57. The molecule has 0 unspecified atom stereocenters. The van der Waals surface area contributed by atoms with E-state index in [9.17, 15) is 9.59 Å². The van der Waals surface area contributed by atoms with E-state index in [1.807, 2.05) is 19.1 Å². The van der Waals surface area contributed by atoms with E-state index in [0.29, 0.717) is 12.1 Å². The first-order chi connectivity index (χ1) is 8.70.